The van der Waals surface area contributed by atoms with Crippen LogP contribution in [-0.2, 0) is 4.74 Å². The molecule has 2 rings (SSSR count). The molecule has 0 unspecified atom stereocenters. The van der Waals surface area contributed by atoms with Crippen LogP contribution in [0.3, 0.4) is 0 Å². The molecule has 1 N–H and O–H groups in total. The second-order valence-corrected chi connectivity index (χ2v) is 5.34. The Morgan fingerprint density at radius 2 is 1.67 bits per heavy atom. The maximum atomic E-state index is 12.1. The molecule has 0 fully saturated rings. The van der Waals surface area contributed by atoms with Gasteiger partial charge in [0, 0.05) is 15.7 Å². The lowest BCUT2D eigenvalue weighted by atomic mass is 10.1. The van der Waals surface area contributed by atoms with Gasteiger partial charge in [0.2, 0.25) is 0 Å². The van der Waals surface area contributed by atoms with Crippen LogP contribution in [0.1, 0.15) is 26.3 Å². The van der Waals surface area contributed by atoms with E-state index >= 15 is 0 Å². The molecule has 0 aliphatic rings. The van der Waals surface area contributed by atoms with Crippen LogP contribution >= 0.6 is 15.9 Å². The number of hydrogen-bond donors (Lipinski definition) is 1. The highest BCUT2D eigenvalue weighted by Gasteiger charge is 2.09. The van der Waals surface area contributed by atoms with Crippen LogP contribution < -0.4 is 5.32 Å². The first-order chi connectivity index (χ1) is 10.0. The Morgan fingerprint density at radius 1 is 1.05 bits per heavy atom. The number of carbonyl (C=O) groups excluding carboxylic acids is 2. The third-order valence-electron chi connectivity index (χ3n) is 2.98. The van der Waals surface area contributed by atoms with E-state index in [1.54, 1.807) is 30.3 Å². The fraction of sp³-hybridized carbons (Fsp3) is 0.125. The number of aryl methyl sites for hydroxylation is 1. The van der Waals surface area contributed by atoms with Crippen molar-refractivity contribution >= 4 is 33.5 Å². The molecule has 2 aromatic carbocycles. The van der Waals surface area contributed by atoms with Crippen molar-refractivity contribution in [3.05, 3.63) is 63.6 Å². The first-order valence-corrected chi connectivity index (χ1v) is 7.06. The van der Waals surface area contributed by atoms with Gasteiger partial charge in [0.15, 0.2) is 0 Å². The molecule has 21 heavy (non-hydrogen) atoms. The van der Waals surface area contributed by atoms with Crippen molar-refractivity contribution in [2.45, 2.75) is 6.92 Å². The zero-order valence-electron chi connectivity index (χ0n) is 11.6. The molecule has 0 spiro atoms. The van der Waals surface area contributed by atoms with E-state index in [9.17, 15) is 9.59 Å². The summed E-state index contributed by atoms with van der Waals surface area (Å²) in [5.74, 6) is -0.604. The van der Waals surface area contributed by atoms with E-state index in [0.717, 1.165) is 10.0 Å². The van der Waals surface area contributed by atoms with Crippen molar-refractivity contribution in [3.63, 3.8) is 0 Å². The van der Waals surface area contributed by atoms with E-state index in [0.29, 0.717) is 16.8 Å². The Kier molecular flexibility index (Phi) is 4.75. The number of anilines is 1. The molecule has 0 bridgehead atoms. The van der Waals surface area contributed by atoms with Crippen LogP contribution in [0, 0.1) is 6.92 Å². The first-order valence-electron chi connectivity index (χ1n) is 6.27. The molecule has 0 saturated carbocycles. The maximum absolute atomic E-state index is 12.1. The molecule has 2 aromatic rings. The Labute approximate surface area is 131 Å². The maximum Gasteiger partial charge on any atom is 0.337 e. The highest BCUT2D eigenvalue weighted by atomic mass is 79.9. The van der Waals surface area contributed by atoms with Crippen molar-refractivity contribution in [2.24, 2.45) is 0 Å². The van der Waals surface area contributed by atoms with Gasteiger partial charge in [-0.3, -0.25) is 4.79 Å². The van der Waals surface area contributed by atoms with Gasteiger partial charge in [-0.2, -0.15) is 0 Å². The SMILES string of the molecule is COC(=O)c1ccc(NC(=O)c2ccc(Br)c(C)c2)cc1. The predicted octanol–water partition coefficient (Wildman–Crippen LogP) is 3.80. The number of esters is 1. The molecule has 0 heterocycles. The van der Waals surface area contributed by atoms with Gasteiger partial charge < -0.3 is 10.1 Å². The zero-order valence-corrected chi connectivity index (χ0v) is 13.2. The quantitative estimate of drug-likeness (QED) is 0.859. The Morgan fingerprint density at radius 3 is 2.24 bits per heavy atom. The number of amides is 1. The molecule has 4 nitrogen and oxygen atoms in total. The smallest absolute Gasteiger partial charge is 0.337 e. The summed E-state index contributed by atoms with van der Waals surface area (Å²) in [6.07, 6.45) is 0. The molecule has 0 aromatic heterocycles. The van der Waals surface area contributed by atoms with Crippen molar-refractivity contribution < 1.29 is 14.3 Å². The molecule has 108 valence electrons. The van der Waals surface area contributed by atoms with Gasteiger partial charge in [-0.15, -0.1) is 0 Å². The number of hydrogen-bond acceptors (Lipinski definition) is 3. The number of carbonyl (C=O) groups is 2. The standard InChI is InChI=1S/C16H14BrNO3/c1-10-9-12(5-8-14(10)17)15(19)18-13-6-3-11(4-7-13)16(20)21-2/h3-9H,1-2H3,(H,18,19). The summed E-state index contributed by atoms with van der Waals surface area (Å²) in [6.45, 7) is 1.92. The zero-order chi connectivity index (χ0) is 15.4. The molecular weight excluding hydrogens is 334 g/mol. The van der Waals surface area contributed by atoms with Gasteiger partial charge in [-0.25, -0.2) is 4.79 Å². The predicted molar refractivity (Wildman–Crippen MR) is 84.6 cm³/mol. The molecule has 0 aliphatic carbocycles. The van der Waals surface area contributed by atoms with Crippen molar-refractivity contribution in [1.29, 1.82) is 0 Å². The minimum atomic E-state index is -0.406. The lowest BCUT2D eigenvalue weighted by Crippen LogP contribution is -2.12. The van der Waals surface area contributed by atoms with E-state index < -0.39 is 5.97 Å². The summed E-state index contributed by atoms with van der Waals surface area (Å²) in [6, 6.07) is 11.9. The van der Waals surface area contributed by atoms with Gasteiger partial charge in [0.1, 0.15) is 0 Å². The summed E-state index contributed by atoms with van der Waals surface area (Å²) in [5.41, 5.74) is 2.62. The highest BCUT2D eigenvalue weighted by molar-refractivity contribution is 9.10. The number of ether oxygens (including phenoxy) is 1. The lowest BCUT2D eigenvalue weighted by molar-refractivity contribution is 0.0600. The minimum Gasteiger partial charge on any atom is -0.465 e. The largest absolute Gasteiger partial charge is 0.465 e. The summed E-state index contributed by atoms with van der Waals surface area (Å²) in [4.78, 5) is 23.5. The molecule has 5 heteroatoms. The van der Waals surface area contributed by atoms with Crippen LogP contribution in [0.2, 0.25) is 0 Å². The summed E-state index contributed by atoms with van der Waals surface area (Å²) >= 11 is 3.40. The molecule has 0 aliphatic heterocycles. The summed E-state index contributed by atoms with van der Waals surface area (Å²) in [5, 5.41) is 2.78. The van der Waals surface area contributed by atoms with E-state index in [2.05, 4.69) is 26.0 Å². The van der Waals surface area contributed by atoms with Crippen LogP contribution in [0.25, 0.3) is 0 Å². The van der Waals surface area contributed by atoms with Crippen molar-refractivity contribution in [3.8, 4) is 0 Å². The fourth-order valence-corrected chi connectivity index (χ4v) is 2.04. The number of rotatable bonds is 3. The molecule has 0 atom stereocenters. The Hall–Kier alpha value is -2.14. The number of benzene rings is 2. The first kappa shape index (κ1) is 15.3. The number of methoxy groups -OCH3 is 1. The van der Waals surface area contributed by atoms with Gasteiger partial charge >= 0.3 is 5.97 Å². The van der Waals surface area contributed by atoms with Crippen molar-refractivity contribution in [1.82, 2.24) is 0 Å². The molecular formula is C16H14BrNO3. The van der Waals surface area contributed by atoms with E-state index in [4.69, 9.17) is 0 Å². The minimum absolute atomic E-state index is 0.198. The lowest BCUT2D eigenvalue weighted by Gasteiger charge is -2.07. The summed E-state index contributed by atoms with van der Waals surface area (Å²) < 4.78 is 5.58. The molecule has 0 radical (unpaired) electrons. The molecule has 0 saturated heterocycles. The van der Waals surface area contributed by atoms with Gasteiger partial charge in [0.25, 0.3) is 5.91 Å². The van der Waals surface area contributed by atoms with Gasteiger partial charge in [0.05, 0.1) is 12.7 Å². The van der Waals surface area contributed by atoms with Crippen LogP contribution in [0.4, 0.5) is 5.69 Å². The molecule has 1 amide bonds. The fourth-order valence-electron chi connectivity index (χ4n) is 1.80. The van der Waals surface area contributed by atoms with Gasteiger partial charge in [-0.05, 0) is 55.0 Å². The number of halogens is 1. The third-order valence-corrected chi connectivity index (χ3v) is 3.87. The average Bonchev–Trinajstić information content (AvgIpc) is 2.50. The van der Waals surface area contributed by atoms with Crippen LogP contribution in [0.15, 0.2) is 46.9 Å². The Balaban J connectivity index is 2.12. The number of nitrogens with one attached hydrogen (secondary N) is 1. The van der Waals surface area contributed by atoms with E-state index in [1.807, 2.05) is 19.1 Å². The topological polar surface area (TPSA) is 55.4 Å². The van der Waals surface area contributed by atoms with E-state index in [1.165, 1.54) is 7.11 Å². The third kappa shape index (κ3) is 3.70. The highest BCUT2D eigenvalue weighted by Crippen LogP contribution is 2.18. The van der Waals surface area contributed by atoms with Crippen molar-refractivity contribution in [2.75, 3.05) is 12.4 Å². The normalized spacial score (nSPS) is 10.0. The van der Waals surface area contributed by atoms with Crippen LogP contribution in [-0.4, -0.2) is 19.0 Å². The Bertz CT molecular complexity index is 680. The van der Waals surface area contributed by atoms with Gasteiger partial charge in [-0.1, -0.05) is 15.9 Å². The second kappa shape index (κ2) is 6.54. The summed E-state index contributed by atoms with van der Waals surface area (Å²) in [7, 11) is 1.33. The average molecular weight is 348 g/mol. The van der Waals surface area contributed by atoms with E-state index in [-0.39, 0.29) is 5.91 Å². The van der Waals surface area contributed by atoms with Crippen LogP contribution in [0.5, 0.6) is 0 Å². The second-order valence-electron chi connectivity index (χ2n) is 4.49. The monoisotopic (exact) mass is 347 g/mol.